The topological polar surface area (TPSA) is 116 Å². The zero-order chi connectivity index (χ0) is 20.6. The van der Waals surface area contributed by atoms with Crippen LogP contribution in [0.4, 0.5) is 0 Å². The molecule has 1 atom stereocenters. The number of carbonyl (C=O) groups is 1. The van der Waals surface area contributed by atoms with Crippen molar-refractivity contribution in [1.82, 2.24) is 24.2 Å². The summed E-state index contributed by atoms with van der Waals surface area (Å²) in [6, 6.07) is 5.22. The number of nitrogens with one attached hydrogen (secondary N) is 1. The summed E-state index contributed by atoms with van der Waals surface area (Å²) in [7, 11) is -3.35. The van der Waals surface area contributed by atoms with Gasteiger partial charge in [0.25, 0.3) is 11.5 Å². The number of carbonyl (C=O) groups excluding carboxylic acids is 1. The van der Waals surface area contributed by atoms with E-state index < -0.39 is 10.0 Å². The molecule has 0 radical (unpaired) electrons. The van der Waals surface area contributed by atoms with E-state index in [0.717, 1.165) is 0 Å². The van der Waals surface area contributed by atoms with Gasteiger partial charge in [-0.3, -0.25) is 14.6 Å². The summed E-state index contributed by atoms with van der Waals surface area (Å²) in [5, 5.41) is 0. The Hall–Kier alpha value is -2.59. The molecular weight excluding hydrogens is 394 g/mol. The molecule has 1 fully saturated rings. The van der Waals surface area contributed by atoms with Gasteiger partial charge in [0, 0.05) is 44.7 Å². The molecule has 1 unspecified atom stereocenters. The second kappa shape index (κ2) is 7.68. The Bertz CT molecular complexity index is 1080. The van der Waals surface area contributed by atoms with E-state index in [0.29, 0.717) is 55.3 Å². The van der Waals surface area contributed by atoms with Gasteiger partial charge in [0.1, 0.15) is 11.5 Å². The fraction of sp³-hybridized carbons (Fsp3) is 0.474. The third kappa shape index (κ3) is 3.82. The van der Waals surface area contributed by atoms with Crippen LogP contribution < -0.4 is 5.56 Å². The summed E-state index contributed by atoms with van der Waals surface area (Å²) < 4.78 is 25.6. The molecule has 2 aromatic rings. The van der Waals surface area contributed by atoms with E-state index in [-0.39, 0.29) is 29.7 Å². The maximum atomic E-state index is 12.6. The predicted molar refractivity (Wildman–Crippen MR) is 106 cm³/mol. The third-order valence-electron chi connectivity index (χ3n) is 5.56. The van der Waals surface area contributed by atoms with Crippen molar-refractivity contribution in [2.75, 3.05) is 25.4 Å². The number of aromatic amines is 1. The maximum Gasteiger partial charge on any atom is 0.272 e. The van der Waals surface area contributed by atoms with Crippen LogP contribution in [0.15, 0.2) is 29.2 Å². The van der Waals surface area contributed by atoms with Crippen LogP contribution in [0.1, 0.15) is 46.8 Å². The Morgan fingerprint density at radius 2 is 2.14 bits per heavy atom. The fourth-order valence-corrected chi connectivity index (χ4v) is 4.91. The van der Waals surface area contributed by atoms with Crippen LogP contribution in [0.2, 0.25) is 0 Å². The molecular formula is C19H23N5O4S. The summed E-state index contributed by atoms with van der Waals surface area (Å²) >= 11 is 0. The molecule has 1 N–H and O–H groups in total. The van der Waals surface area contributed by atoms with Crippen molar-refractivity contribution >= 4 is 15.9 Å². The lowest BCUT2D eigenvalue weighted by molar-refractivity contribution is 0.0784. The second-order valence-corrected chi connectivity index (χ2v) is 9.57. The van der Waals surface area contributed by atoms with E-state index in [1.807, 2.05) is 0 Å². The van der Waals surface area contributed by atoms with Gasteiger partial charge >= 0.3 is 0 Å². The van der Waals surface area contributed by atoms with Crippen LogP contribution in [-0.2, 0) is 23.0 Å². The van der Waals surface area contributed by atoms with Gasteiger partial charge in [-0.15, -0.1) is 0 Å². The Kier molecular flexibility index (Phi) is 5.22. The Morgan fingerprint density at radius 3 is 2.86 bits per heavy atom. The quantitative estimate of drug-likeness (QED) is 0.774. The fourth-order valence-electron chi connectivity index (χ4n) is 3.85. The molecule has 9 nitrogen and oxygen atoms in total. The number of pyridine rings is 1. The number of hydrogen-bond acceptors (Lipinski definition) is 6. The Labute approximate surface area is 168 Å². The minimum Gasteiger partial charge on any atom is -0.337 e. The number of nitrogens with zero attached hydrogens (tertiary/aromatic N) is 4. The molecule has 154 valence electrons. The lowest BCUT2D eigenvalue weighted by Crippen LogP contribution is -2.40. The van der Waals surface area contributed by atoms with Crippen LogP contribution in [0.25, 0.3) is 0 Å². The number of aromatic nitrogens is 3. The summed E-state index contributed by atoms with van der Waals surface area (Å²) in [6.45, 7) is 3.02. The maximum absolute atomic E-state index is 12.6. The van der Waals surface area contributed by atoms with Gasteiger partial charge < -0.3 is 9.88 Å². The minimum atomic E-state index is -3.35. The molecule has 10 heteroatoms. The number of likely N-dealkylation sites (tertiary alicyclic amines) is 1. The number of rotatable bonds is 4. The molecule has 1 saturated heterocycles. The van der Waals surface area contributed by atoms with E-state index in [2.05, 4.69) is 15.0 Å². The van der Waals surface area contributed by atoms with Crippen LogP contribution in [0.5, 0.6) is 0 Å². The Balaban J connectivity index is 1.52. The van der Waals surface area contributed by atoms with Gasteiger partial charge in [0.15, 0.2) is 0 Å². The van der Waals surface area contributed by atoms with E-state index in [9.17, 15) is 18.0 Å². The van der Waals surface area contributed by atoms with E-state index in [1.54, 1.807) is 36.2 Å². The number of H-pyrrole nitrogens is 1. The highest BCUT2D eigenvalue weighted by atomic mass is 32.2. The molecule has 4 heterocycles. The van der Waals surface area contributed by atoms with Gasteiger partial charge in [-0.05, 0) is 25.5 Å². The molecule has 0 aromatic carbocycles. The van der Waals surface area contributed by atoms with Crippen LogP contribution in [0, 0.1) is 0 Å². The number of fused-ring (bicyclic) bond motifs is 1. The molecule has 1 amide bonds. The van der Waals surface area contributed by atoms with Gasteiger partial charge in [-0.2, -0.15) is 4.31 Å². The molecule has 4 rings (SSSR count). The van der Waals surface area contributed by atoms with Crippen molar-refractivity contribution in [3.63, 3.8) is 0 Å². The summed E-state index contributed by atoms with van der Waals surface area (Å²) in [6.07, 6.45) is 2.71. The molecule has 2 aliphatic heterocycles. The van der Waals surface area contributed by atoms with Crippen LogP contribution in [-0.4, -0.2) is 63.9 Å². The first-order valence-electron chi connectivity index (χ1n) is 9.69. The smallest absolute Gasteiger partial charge is 0.272 e. The van der Waals surface area contributed by atoms with Crippen molar-refractivity contribution in [3.05, 3.63) is 57.5 Å². The van der Waals surface area contributed by atoms with Crippen molar-refractivity contribution in [3.8, 4) is 0 Å². The average Bonchev–Trinajstić information content (AvgIpc) is 3.24. The monoisotopic (exact) mass is 417 g/mol. The van der Waals surface area contributed by atoms with Crippen LogP contribution in [0.3, 0.4) is 0 Å². The van der Waals surface area contributed by atoms with Crippen LogP contribution >= 0.6 is 0 Å². The minimum absolute atomic E-state index is 0.00790. The molecule has 0 aliphatic carbocycles. The van der Waals surface area contributed by atoms with Crippen molar-refractivity contribution in [2.45, 2.75) is 32.2 Å². The second-order valence-electron chi connectivity index (χ2n) is 7.31. The van der Waals surface area contributed by atoms with Gasteiger partial charge in [-0.25, -0.2) is 13.4 Å². The van der Waals surface area contributed by atoms with Crippen molar-refractivity contribution < 1.29 is 13.2 Å². The van der Waals surface area contributed by atoms with Crippen molar-refractivity contribution in [1.29, 1.82) is 0 Å². The summed E-state index contributed by atoms with van der Waals surface area (Å²) in [4.78, 5) is 38.5. The highest BCUT2D eigenvalue weighted by molar-refractivity contribution is 7.89. The first kappa shape index (κ1) is 19.7. The van der Waals surface area contributed by atoms with E-state index in [4.69, 9.17) is 0 Å². The van der Waals surface area contributed by atoms with Gasteiger partial charge in [0.2, 0.25) is 10.0 Å². The van der Waals surface area contributed by atoms with Crippen molar-refractivity contribution in [2.24, 2.45) is 0 Å². The lowest BCUT2D eigenvalue weighted by Gasteiger charge is -2.27. The molecule has 0 bridgehead atoms. The first-order chi connectivity index (χ1) is 13.9. The summed E-state index contributed by atoms with van der Waals surface area (Å²) in [5.74, 6) is 0.386. The zero-order valence-corrected chi connectivity index (χ0v) is 17.0. The van der Waals surface area contributed by atoms with E-state index in [1.165, 1.54) is 4.31 Å². The Morgan fingerprint density at radius 1 is 1.31 bits per heavy atom. The SMILES string of the molecule is CCS(=O)(=O)N1CCc2nc(C3CCN(C(=O)c4ccccn4)C3)[nH]c(=O)c2C1. The zero-order valence-electron chi connectivity index (χ0n) is 16.2. The van der Waals surface area contributed by atoms with E-state index >= 15 is 0 Å². The average molecular weight is 417 g/mol. The molecule has 2 aliphatic rings. The molecule has 0 spiro atoms. The molecule has 0 saturated carbocycles. The van der Waals surface area contributed by atoms with Gasteiger partial charge in [0.05, 0.1) is 17.0 Å². The predicted octanol–water partition coefficient (Wildman–Crippen LogP) is 0.502. The highest BCUT2D eigenvalue weighted by Gasteiger charge is 2.32. The van der Waals surface area contributed by atoms with Gasteiger partial charge in [-0.1, -0.05) is 6.07 Å². The lowest BCUT2D eigenvalue weighted by atomic mass is 10.1. The third-order valence-corrected chi connectivity index (χ3v) is 7.38. The highest BCUT2D eigenvalue weighted by Crippen LogP contribution is 2.26. The number of amides is 1. The normalized spacial score (nSPS) is 19.9. The standard InChI is InChI=1S/C19H23N5O4S/c1-2-29(27,28)24-10-7-15-14(12-24)18(25)22-17(21-15)13-6-9-23(11-13)19(26)16-5-3-4-8-20-16/h3-5,8,13H,2,6-7,9-12H2,1H3,(H,21,22,25). The first-order valence-corrected chi connectivity index (χ1v) is 11.3. The number of hydrogen-bond donors (Lipinski definition) is 1. The molecule has 29 heavy (non-hydrogen) atoms. The molecule has 2 aromatic heterocycles. The summed E-state index contributed by atoms with van der Waals surface area (Å²) in [5.41, 5.74) is 1.17. The largest absolute Gasteiger partial charge is 0.337 e. The number of sulfonamides is 1.